The van der Waals surface area contributed by atoms with E-state index in [1.807, 2.05) is 0 Å². The van der Waals surface area contributed by atoms with Crippen LogP contribution in [0.4, 0.5) is 5.69 Å². The lowest BCUT2D eigenvalue weighted by Crippen LogP contribution is -2.24. The third-order valence-electron chi connectivity index (χ3n) is 3.39. The van der Waals surface area contributed by atoms with Gasteiger partial charge in [0, 0.05) is 30.6 Å². The summed E-state index contributed by atoms with van der Waals surface area (Å²) in [7, 11) is 2.79. The summed E-state index contributed by atoms with van der Waals surface area (Å²) >= 11 is 0. The Bertz CT molecular complexity index is 553. The smallest absolute Gasteiger partial charge is 0.341 e. The van der Waals surface area contributed by atoms with Crippen molar-refractivity contribution in [1.29, 1.82) is 0 Å². The van der Waals surface area contributed by atoms with Crippen LogP contribution >= 0.6 is 0 Å². The lowest BCUT2D eigenvalue weighted by molar-refractivity contribution is -0.117. The molecule has 0 aromatic heterocycles. The number of carbonyl (C=O) groups excluding carboxylic acids is 2. The number of nitrogens with zero attached hydrogens (tertiary/aromatic N) is 1. The van der Waals surface area contributed by atoms with Crippen molar-refractivity contribution in [1.82, 2.24) is 0 Å². The molecule has 1 aromatic carbocycles. The second-order valence-electron chi connectivity index (χ2n) is 4.58. The lowest BCUT2D eigenvalue weighted by atomic mass is 10.1. The number of ether oxygens (including phenoxy) is 2. The van der Waals surface area contributed by atoms with Crippen molar-refractivity contribution in [2.24, 2.45) is 5.92 Å². The zero-order valence-electron chi connectivity index (χ0n) is 11.6. The second-order valence-corrected chi connectivity index (χ2v) is 4.58. The van der Waals surface area contributed by atoms with E-state index < -0.39 is 5.97 Å². The first-order valence-corrected chi connectivity index (χ1v) is 6.30. The molecule has 106 valence electrons. The molecule has 0 aliphatic carbocycles. The number of amides is 1. The second kappa shape index (κ2) is 5.77. The number of hydrogen-bond donors (Lipinski definition) is 0. The Balaban J connectivity index is 2.32. The first-order chi connectivity index (χ1) is 9.60. The molecule has 20 heavy (non-hydrogen) atoms. The van der Waals surface area contributed by atoms with E-state index in [9.17, 15) is 9.59 Å². The molecular weight excluding hydrogens is 258 g/mol. The zero-order chi connectivity index (χ0) is 14.7. The molecule has 0 spiro atoms. The number of benzene rings is 1. The quantitative estimate of drug-likeness (QED) is 0.623. The van der Waals surface area contributed by atoms with Gasteiger partial charge in [0.25, 0.3) is 0 Å². The molecule has 1 atom stereocenters. The molecule has 1 heterocycles. The minimum absolute atomic E-state index is 0.0442. The fraction of sp³-hybridized carbons (Fsp3) is 0.333. The lowest BCUT2D eigenvalue weighted by Gasteiger charge is -2.18. The Hall–Kier alpha value is -2.30. The van der Waals surface area contributed by atoms with Crippen LogP contribution in [0, 0.1) is 5.92 Å². The molecule has 2 rings (SSSR count). The molecule has 1 aliphatic rings. The first-order valence-electron chi connectivity index (χ1n) is 6.30. The van der Waals surface area contributed by atoms with Gasteiger partial charge < -0.3 is 14.4 Å². The first kappa shape index (κ1) is 14.1. The van der Waals surface area contributed by atoms with Gasteiger partial charge in [0.15, 0.2) is 0 Å². The summed E-state index contributed by atoms with van der Waals surface area (Å²) in [4.78, 5) is 25.2. The molecule has 1 saturated heterocycles. The van der Waals surface area contributed by atoms with E-state index in [4.69, 9.17) is 4.74 Å². The summed E-state index contributed by atoms with van der Waals surface area (Å²) in [5, 5.41) is 0. The van der Waals surface area contributed by atoms with Crippen LogP contribution in [0.2, 0.25) is 0 Å². The van der Waals surface area contributed by atoms with Crippen molar-refractivity contribution in [2.75, 3.05) is 25.7 Å². The standard InChI is InChI=1S/C15H17NO4/c1-4-10-7-14(17)16(9-10)11-5-6-12(15(18)20-3)13(8-11)19-2/h4-6,8,10H,1,7,9H2,2-3H3. The monoisotopic (exact) mass is 275 g/mol. The maximum Gasteiger partial charge on any atom is 0.341 e. The molecule has 0 N–H and O–H groups in total. The van der Waals surface area contributed by atoms with Crippen LogP contribution in [-0.2, 0) is 9.53 Å². The highest BCUT2D eigenvalue weighted by Gasteiger charge is 2.29. The normalized spacial score (nSPS) is 18.0. The molecule has 1 aliphatic heterocycles. The van der Waals surface area contributed by atoms with Gasteiger partial charge in [0.1, 0.15) is 11.3 Å². The van der Waals surface area contributed by atoms with Gasteiger partial charge >= 0.3 is 5.97 Å². The maximum absolute atomic E-state index is 12.0. The van der Waals surface area contributed by atoms with Crippen LogP contribution in [-0.4, -0.2) is 32.6 Å². The van der Waals surface area contributed by atoms with Crippen molar-refractivity contribution in [3.05, 3.63) is 36.4 Å². The predicted octanol–water partition coefficient (Wildman–Crippen LogP) is 2.02. The maximum atomic E-state index is 12.0. The molecule has 5 heteroatoms. The Morgan fingerprint density at radius 2 is 2.20 bits per heavy atom. The Morgan fingerprint density at radius 1 is 1.45 bits per heavy atom. The number of rotatable bonds is 4. The van der Waals surface area contributed by atoms with Crippen LogP contribution < -0.4 is 9.64 Å². The number of anilines is 1. The minimum Gasteiger partial charge on any atom is -0.496 e. The van der Waals surface area contributed by atoms with E-state index in [0.717, 1.165) is 0 Å². The van der Waals surface area contributed by atoms with Gasteiger partial charge in [0.05, 0.1) is 14.2 Å². The average molecular weight is 275 g/mol. The number of esters is 1. The van der Waals surface area contributed by atoms with Crippen LogP contribution in [0.15, 0.2) is 30.9 Å². The summed E-state index contributed by atoms with van der Waals surface area (Å²) in [5.41, 5.74) is 1.05. The van der Waals surface area contributed by atoms with E-state index in [1.165, 1.54) is 14.2 Å². The largest absolute Gasteiger partial charge is 0.496 e. The van der Waals surface area contributed by atoms with Gasteiger partial charge in [0.2, 0.25) is 5.91 Å². The third kappa shape index (κ3) is 2.52. The minimum atomic E-state index is -0.467. The van der Waals surface area contributed by atoms with Gasteiger partial charge in [-0.05, 0) is 12.1 Å². The molecular formula is C15H17NO4. The molecule has 1 aromatic rings. The Morgan fingerprint density at radius 3 is 2.75 bits per heavy atom. The van der Waals surface area contributed by atoms with Crippen molar-refractivity contribution >= 4 is 17.6 Å². The summed E-state index contributed by atoms with van der Waals surface area (Å²) in [6.45, 7) is 4.32. The summed E-state index contributed by atoms with van der Waals surface area (Å²) in [5.74, 6) is 0.130. The molecule has 1 unspecified atom stereocenters. The Labute approximate surface area is 117 Å². The fourth-order valence-electron chi connectivity index (χ4n) is 2.27. The molecule has 5 nitrogen and oxygen atoms in total. The fourth-order valence-corrected chi connectivity index (χ4v) is 2.27. The highest BCUT2D eigenvalue weighted by Crippen LogP contribution is 2.30. The van der Waals surface area contributed by atoms with Crippen LogP contribution in [0.3, 0.4) is 0 Å². The van der Waals surface area contributed by atoms with Crippen molar-refractivity contribution in [2.45, 2.75) is 6.42 Å². The van der Waals surface area contributed by atoms with E-state index in [1.54, 1.807) is 29.2 Å². The van der Waals surface area contributed by atoms with Gasteiger partial charge in [-0.3, -0.25) is 4.79 Å². The number of methoxy groups -OCH3 is 2. The van der Waals surface area contributed by atoms with Crippen LogP contribution in [0.25, 0.3) is 0 Å². The molecule has 0 radical (unpaired) electrons. The molecule has 1 fully saturated rings. The number of carbonyl (C=O) groups is 2. The van der Waals surface area contributed by atoms with E-state index >= 15 is 0 Å². The predicted molar refractivity (Wildman–Crippen MR) is 75.0 cm³/mol. The highest BCUT2D eigenvalue weighted by molar-refractivity contribution is 5.98. The van der Waals surface area contributed by atoms with E-state index in [-0.39, 0.29) is 11.8 Å². The summed E-state index contributed by atoms with van der Waals surface area (Å²) in [6.07, 6.45) is 2.25. The SMILES string of the molecule is C=CC1CC(=O)N(c2ccc(C(=O)OC)c(OC)c2)C1. The highest BCUT2D eigenvalue weighted by atomic mass is 16.5. The van der Waals surface area contributed by atoms with Crippen molar-refractivity contribution in [3.8, 4) is 5.75 Å². The van der Waals surface area contributed by atoms with Gasteiger partial charge in [-0.25, -0.2) is 4.79 Å². The third-order valence-corrected chi connectivity index (χ3v) is 3.39. The van der Waals surface area contributed by atoms with Crippen LogP contribution in [0.5, 0.6) is 5.75 Å². The van der Waals surface area contributed by atoms with Gasteiger partial charge in [-0.2, -0.15) is 0 Å². The van der Waals surface area contributed by atoms with Crippen LogP contribution in [0.1, 0.15) is 16.8 Å². The van der Waals surface area contributed by atoms with Crippen molar-refractivity contribution < 1.29 is 19.1 Å². The summed E-state index contributed by atoms with van der Waals surface area (Å²) < 4.78 is 9.88. The topological polar surface area (TPSA) is 55.8 Å². The van der Waals surface area contributed by atoms with Gasteiger partial charge in [-0.1, -0.05) is 6.08 Å². The van der Waals surface area contributed by atoms with Crippen molar-refractivity contribution in [3.63, 3.8) is 0 Å². The zero-order valence-corrected chi connectivity index (χ0v) is 11.6. The summed E-state index contributed by atoms with van der Waals surface area (Å²) in [6, 6.07) is 5.00. The molecule has 1 amide bonds. The van der Waals surface area contributed by atoms with Gasteiger partial charge in [-0.15, -0.1) is 6.58 Å². The Kier molecular flexibility index (Phi) is 4.08. The van der Waals surface area contributed by atoms with E-state index in [2.05, 4.69) is 11.3 Å². The molecule has 0 bridgehead atoms. The number of hydrogen-bond acceptors (Lipinski definition) is 4. The average Bonchev–Trinajstić information content (AvgIpc) is 2.86. The molecule has 0 saturated carbocycles. The van der Waals surface area contributed by atoms with E-state index in [0.29, 0.717) is 30.0 Å².